The van der Waals surface area contributed by atoms with Gasteiger partial charge in [0, 0.05) is 0 Å². The molecule has 0 amide bonds. The predicted octanol–water partition coefficient (Wildman–Crippen LogP) is 0.993. The summed E-state index contributed by atoms with van der Waals surface area (Å²) >= 11 is 1.33. The second-order valence-electron chi connectivity index (χ2n) is 1.65. The summed E-state index contributed by atoms with van der Waals surface area (Å²) in [7, 11) is 0. The van der Waals surface area contributed by atoms with E-state index < -0.39 is 0 Å². The molecule has 0 saturated heterocycles. The van der Waals surface area contributed by atoms with Crippen molar-refractivity contribution in [3.8, 4) is 5.88 Å². The number of aromatic nitrogens is 1. The first kappa shape index (κ1) is 6.35. The number of nitrogens with two attached hydrogens (primary N) is 1. The summed E-state index contributed by atoms with van der Waals surface area (Å²) < 4.78 is 0. The first-order chi connectivity index (χ1) is 4.24. The smallest absolute Gasteiger partial charge is 0.227 e. The Morgan fingerprint density at radius 3 is 2.67 bits per heavy atom. The third-order valence-electron chi connectivity index (χ3n) is 1.01. The van der Waals surface area contributed by atoms with Gasteiger partial charge in [-0.05, 0) is 6.42 Å². The number of hydrogen-bond acceptors (Lipinski definition) is 4. The van der Waals surface area contributed by atoms with E-state index in [0.717, 1.165) is 11.3 Å². The van der Waals surface area contributed by atoms with Crippen molar-refractivity contribution >= 4 is 16.5 Å². The summed E-state index contributed by atoms with van der Waals surface area (Å²) in [5, 5.41) is 9.39. The fourth-order valence-electron chi connectivity index (χ4n) is 0.592. The maximum Gasteiger partial charge on any atom is 0.227 e. The molecule has 0 saturated carbocycles. The van der Waals surface area contributed by atoms with Crippen LogP contribution in [0.5, 0.6) is 5.88 Å². The van der Waals surface area contributed by atoms with Crippen LogP contribution in [0.15, 0.2) is 0 Å². The molecular formula is C5H8N2OS. The number of anilines is 1. The minimum Gasteiger partial charge on any atom is -0.492 e. The molecule has 50 valence electrons. The number of hydrogen-bond donors (Lipinski definition) is 2. The third-order valence-corrected chi connectivity index (χ3v) is 2.03. The molecule has 0 bridgehead atoms. The van der Waals surface area contributed by atoms with Crippen LogP contribution in [0.1, 0.15) is 11.8 Å². The minimum atomic E-state index is 0.0833. The van der Waals surface area contributed by atoms with Crippen molar-refractivity contribution in [2.45, 2.75) is 13.3 Å². The lowest BCUT2D eigenvalue weighted by molar-refractivity contribution is 0.452. The van der Waals surface area contributed by atoms with Crippen LogP contribution in [0, 0.1) is 0 Å². The van der Waals surface area contributed by atoms with Gasteiger partial charge in [0.05, 0.1) is 4.88 Å². The quantitative estimate of drug-likeness (QED) is 0.618. The van der Waals surface area contributed by atoms with Crippen LogP contribution in [-0.2, 0) is 6.42 Å². The summed E-state index contributed by atoms with van der Waals surface area (Å²) in [5.41, 5.74) is 5.30. The highest BCUT2D eigenvalue weighted by atomic mass is 32.1. The Balaban J connectivity index is 3.01. The van der Waals surface area contributed by atoms with E-state index >= 15 is 0 Å². The maximum absolute atomic E-state index is 8.95. The summed E-state index contributed by atoms with van der Waals surface area (Å²) in [6.07, 6.45) is 0.792. The lowest BCUT2D eigenvalue weighted by Gasteiger charge is -1.84. The Kier molecular flexibility index (Phi) is 1.57. The Morgan fingerprint density at radius 2 is 2.44 bits per heavy atom. The average Bonchev–Trinajstić information content (AvgIpc) is 2.10. The van der Waals surface area contributed by atoms with Crippen molar-refractivity contribution in [1.82, 2.24) is 4.98 Å². The van der Waals surface area contributed by atoms with Gasteiger partial charge in [-0.15, -0.1) is 0 Å². The second-order valence-corrected chi connectivity index (χ2v) is 2.77. The van der Waals surface area contributed by atoms with Crippen LogP contribution < -0.4 is 5.73 Å². The van der Waals surface area contributed by atoms with Crippen molar-refractivity contribution in [2.75, 3.05) is 5.73 Å². The molecule has 0 aromatic carbocycles. The second kappa shape index (κ2) is 2.23. The van der Waals surface area contributed by atoms with Gasteiger partial charge in [0.1, 0.15) is 0 Å². The predicted molar refractivity (Wildman–Crippen MR) is 37.6 cm³/mol. The van der Waals surface area contributed by atoms with E-state index in [2.05, 4.69) is 4.98 Å². The van der Waals surface area contributed by atoms with E-state index in [-0.39, 0.29) is 5.88 Å². The molecule has 1 rings (SSSR count). The van der Waals surface area contributed by atoms with E-state index in [1.54, 1.807) is 0 Å². The van der Waals surface area contributed by atoms with E-state index in [9.17, 15) is 0 Å². The molecule has 0 aliphatic rings. The minimum absolute atomic E-state index is 0.0833. The van der Waals surface area contributed by atoms with Gasteiger partial charge in [0.2, 0.25) is 5.88 Å². The summed E-state index contributed by atoms with van der Waals surface area (Å²) in [6.45, 7) is 1.95. The summed E-state index contributed by atoms with van der Waals surface area (Å²) in [6, 6.07) is 0. The van der Waals surface area contributed by atoms with E-state index in [4.69, 9.17) is 10.8 Å². The Labute approximate surface area is 57.2 Å². The SMILES string of the molecule is CCc1sc(N)nc1O. The van der Waals surface area contributed by atoms with Gasteiger partial charge in [0.15, 0.2) is 5.13 Å². The summed E-state index contributed by atoms with van der Waals surface area (Å²) in [4.78, 5) is 4.49. The van der Waals surface area contributed by atoms with Gasteiger partial charge in [-0.1, -0.05) is 18.3 Å². The molecule has 0 spiro atoms. The molecular weight excluding hydrogens is 136 g/mol. The molecule has 0 aliphatic heterocycles. The van der Waals surface area contributed by atoms with E-state index in [1.807, 2.05) is 6.92 Å². The average molecular weight is 144 g/mol. The lowest BCUT2D eigenvalue weighted by atomic mass is 10.4. The molecule has 0 fully saturated rings. The largest absolute Gasteiger partial charge is 0.492 e. The highest BCUT2D eigenvalue weighted by molar-refractivity contribution is 7.15. The zero-order valence-electron chi connectivity index (χ0n) is 5.09. The van der Waals surface area contributed by atoms with Crippen molar-refractivity contribution < 1.29 is 5.11 Å². The molecule has 9 heavy (non-hydrogen) atoms. The topological polar surface area (TPSA) is 59.1 Å². The highest BCUT2D eigenvalue weighted by Crippen LogP contribution is 2.25. The van der Waals surface area contributed by atoms with Gasteiger partial charge in [-0.25, -0.2) is 0 Å². The fraction of sp³-hybridized carbons (Fsp3) is 0.400. The molecule has 1 aromatic rings. The molecule has 0 atom stereocenters. The van der Waals surface area contributed by atoms with Crippen LogP contribution >= 0.6 is 11.3 Å². The lowest BCUT2D eigenvalue weighted by Crippen LogP contribution is -1.78. The zero-order chi connectivity index (χ0) is 6.85. The van der Waals surface area contributed by atoms with Crippen molar-refractivity contribution in [1.29, 1.82) is 0 Å². The standard InChI is InChI=1S/C5H8N2OS/c1-2-3-4(8)7-5(6)9-3/h8H,2H2,1H3,(H2,6,7). The van der Waals surface area contributed by atoms with Crippen LogP contribution in [0.2, 0.25) is 0 Å². The number of thiazole rings is 1. The molecule has 0 unspecified atom stereocenters. The Morgan fingerprint density at radius 1 is 1.78 bits per heavy atom. The van der Waals surface area contributed by atoms with Crippen molar-refractivity contribution in [3.63, 3.8) is 0 Å². The third kappa shape index (κ3) is 1.13. The van der Waals surface area contributed by atoms with Gasteiger partial charge in [-0.2, -0.15) is 4.98 Å². The Hall–Kier alpha value is -0.770. The molecule has 4 heteroatoms. The van der Waals surface area contributed by atoms with Gasteiger partial charge >= 0.3 is 0 Å². The normalized spacial score (nSPS) is 9.89. The van der Waals surface area contributed by atoms with Gasteiger partial charge < -0.3 is 10.8 Å². The molecule has 3 N–H and O–H groups in total. The first-order valence-corrected chi connectivity index (χ1v) is 3.49. The molecule has 1 aromatic heterocycles. The maximum atomic E-state index is 8.95. The molecule has 1 heterocycles. The van der Waals surface area contributed by atoms with Gasteiger partial charge in [0.25, 0.3) is 0 Å². The number of aromatic hydroxyl groups is 1. The van der Waals surface area contributed by atoms with Gasteiger partial charge in [-0.3, -0.25) is 0 Å². The molecule has 0 radical (unpaired) electrons. The number of nitrogens with zero attached hydrogens (tertiary/aromatic N) is 1. The van der Waals surface area contributed by atoms with Crippen LogP contribution in [0.4, 0.5) is 5.13 Å². The van der Waals surface area contributed by atoms with E-state index in [0.29, 0.717) is 5.13 Å². The first-order valence-electron chi connectivity index (χ1n) is 2.68. The van der Waals surface area contributed by atoms with Crippen LogP contribution in [-0.4, -0.2) is 10.1 Å². The molecule has 0 aliphatic carbocycles. The zero-order valence-corrected chi connectivity index (χ0v) is 5.90. The Bertz CT molecular complexity index is 209. The summed E-state index contributed by atoms with van der Waals surface area (Å²) in [5.74, 6) is 0.0833. The van der Waals surface area contributed by atoms with Crippen molar-refractivity contribution in [3.05, 3.63) is 4.88 Å². The molecule has 3 nitrogen and oxygen atoms in total. The van der Waals surface area contributed by atoms with E-state index in [1.165, 1.54) is 11.3 Å². The van der Waals surface area contributed by atoms with Crippen LogP contribution in [0.3, 0.4) is 0 Å². The fourth-order valence-corrected chi connectivity index (χ4v) is 1.26. The van der Waals surface area contributed by atoms with Crippen molar-refractivity contribution in [2.24, 2.45) is 0 Å². The number of nitrogen functional groups attached to an aromatic ring is 1. The highest BCUT2D eigenvalue weighted by Gasteiger charge is 2.03. The monoisotopic (exact) mass is 144 g/mol. The number of rotatable bonds is 1. The number of aryl methyl sites for hydroxylation is 1. The van der Waals surface area contributed by atoms with Crippen LogP contribution in [0.25, 0.3) is 0 Å².